The van der Waals surface area contributed by atoms with Crippen LogP contribution < -0.4 is 20.7 Å². The molecule has 0 unspecified atom stereocenters. The van der Waals surface area contributed by atoms with Gasteiger partial charge in [0.15, 0.2) is 4.34 Å². The molecule has 4 aromatic rings. The van der Waals surface area contributed by atoms with E-state index in [0.29, 0.717) is 32.2 Å². The van der Waals surface area contributed by atoms with Crippen molar-refractivity contribution in [2.24, 2.45) is 0 Å². The third-order valence-corrected chi connectivity index (χ3v) is 7.24. The highest BCUT2D eigenvalue weighted by atomic mass is 32.2. The molecule has 0 bridgehead atoms. The molecule has 1 aromatic heterocycles. The van der Waals surface area contributed by atoms with E-state index in [9.17, 15) is 9.59 Å². The Kier molecular flexibility index (Phi) is 8.19. The highest BCUT2D eigenvalue weighted by Crippen LogP contribution is 2.28. The number of nitrogens with zero attached hydrogens (tertiary/aromatic N) is 2. The molecule has 10 heteroatoms. The minimum Gasteiger partial charge on any atom is -0.497 e. The largest absolute Gasteiger partial charge is 0.497 e. The molecule has 4 rings (SSSR count). The fourth-order valence-electron chi connectivity index (χ4n) is 3.17. The zero-order valence-electron chi connectivity index (χ0n) is 20.0. The van der Waals surface area contributed by atoms with E-state index in [1.807, 2.05) is 6.07 Å². The molecule has 3 N–H and O–H groups in total. The number of aryl methyl sites for hydroxylation is 2. The average Bonchev–Trinajstić information content (AvgIpc) is 3.33. The van der Waals surface area contributed by atoms with E-state index in [0.717, 1.165) is 5.69 Å². The number of hydrogen-bond donors (Lipinski definition) is 3. The van der Waals surface area contributed by atoms with Crippen LogP contribution in [0.2, 0.25) is 0 Å². The molecule has 0 saturated carbocycles. The van der Waals surface area contributed by atoms with Gasteiger partial charge in [-0.25, -0.2) is 0 Å². The van der Waals surface area contributed by atoms with Crippen molar-refractivity contribution < 1.29 is 14.3 Å². The van der Waals surface area contributed by atoms with Crippen molar-refractivity contribution in [2.45, 2.75) is 18.2 Å². The highest BCUT2D eigenvalue weighted by Gasteiger charge is 2.11. The molecule has 0 atom stereocenters. The van der Waals surface area contributed by atoms with Crippen molar-refractivity contribution in [3.05, 3.63) is 83.4 Å². The molecule has 0 saturated heterocycles. The second-order valence-corrected chi connectivity index (χ2v) is 10.1. The first kappa shape index (κ1) is 25.2. The molecule has 36 heavy (non-hydrogen) atoms. The molecule has 8 nitrogen and oxygen atoms in total. The van der Waals surface area contributed by atoms with E-state index in [2.05, 4.69) is 52.1 Å². The lowest BCUT2D eigenvalue weighted by atomic mass is 10.1. The second-order valence-electron chi connectivity index (χ2n) is 7.89. The first-order chi connectivity index (χ1) is 17.4. The van der Waals surface area contributed by atoms with E-state index in [4.69, 9.17) is 4.74 Å². The van der Waals surface area contributed by atoms with Gasteiger partial charge in [-0.2, -0.15) is 0 Å². The summed E-state index contributed by atoms with van der Waals surface area (Å²) in [4.78, 5) is 24.8. The third kappa shape index (κ3) is 6.83. The fraction of sp³-hybridized carbons (Fsp3) is 0.154. The minimum absolute atomic E-state index is 0.172. The van der Waals surface area contributed by atoms with Crippen LogP contribution in [0.25, 0.3) is 0 Å². The number of amides is 2. The molecule has 0 radical (unpaired) electrons. The Hall–Kier alpha value is -3.89. The smallest absolute Gasteiger partial charge is 0.255 e. The summed E-state index contributed by atoms with van der Waals surface area (Å²) >= 11 is 2.71. The highest BCUT2D eigenvalue weighted by molar-refractivity contribution is 8.01. The number of carbonyl (C=O) groups excluding carboxylic acids is 2. The van der Waals surface area contributed by atoms with E-state index < -0.39 is 0 Å². The van der Waals surface area contributed by atoms with Gasteiger partial charge in [0.2, 0.25) is 11.0 Å². The SMILES string of the molecule is COc1ccc(NC(=O)c2ccc(NC(=O)CSc3nnc(Nc4ccc(C)c(C)c4)s3)cc2)cc1. The van der Waals surface area contributed by atoms with Gasteiger partial charge in [0, 0.05) is 22.6 Å². The van der Waals surface area contributed by atoms with Gasteiger partial charge < -0.3 is 20.7 Å². The van der Waals surface area contributed by atoms with E-state index >= 15 is 0 Å². The van der Waals surface area contributed by atoms with Crippen molar-refractivity contribution in [1.82, 2.24) is 10.2 Å². The number of methoxy groups -OCH3 is 1. The van der Waals surface area contributed by atoms with Crippen LogP contribution in [0.5, 0.6) is 5.75 Å². The molecule has 0 fully saturated rings. The van der Waals surface area contributed by atoms with Crippen LogP contribution >= 0.6 is 23.1 Å². The molecule has 0 aliphatic carbocycles. The van der Waals surface area contributed by atoms with E-state index in [-0.39, 0.29) is 17.6 Å². The van der Waals surface area contributed by atoms with Crippen LogP contribution in [0, 0.1) is 13.8 Å². The zero-order chi connectivity index (χ0) is 25.5. The summed E-state index contributed by atoms with van der Waals surface area (Å²) in [6, 6.07) is 19.9. The monoisotopic (exact) mass is 519 g/mol. The van der Waals surface area contributed by atoms with Crippen molar-refractivity contribution in [1.29, 1.82) is 0 Å². The molecule has 184 valence electrons. The van der Waals surface area contributed by atoms with Crippen LogP contribution in [0.1, 0.15) is 21.5 Å². The van der Waals surface area contributed by atoms with Crippen LogP contribution in [0.4, 0.5) is 22.2 Å². The number of anilines is 4. The lowest BCUT2D eigenvalue weighted by Gasteiger charge is -2.08. The van der Waals surface area contributed by atoms with Gasteiger partial charge in [-0.3, -0.25) is 9.59 Å². The molecule has 3 aromatic carbocycles. The number of benzene rings is 3. The predicted molar refractivity (Wildman–Crippen MR) is 146 cm³/mol. The lowest BCUT2D eigenvalue weighted by Crippen LogP contribution is -2.15. The quantitative estimate of drug-likeness (QED) is 0.237. The number of ether oxygens (including phenoxy) is 1. The lowest BCUT2D eigenvalue weighted by molar-refractivity contribution is -0.113. The number of thioether (sulfide) groups is 1. The predicted octanol–water partition coefficient (Wildman–Crippen LogP) is 5.89. The first-order valence-corrected chi connectivity index (χ1v) is 12.9. The summed E-state index contributed by atoms with van der Waals surface area (Å²) in [6.45, 7) is 4.13. The Balaban J connectivity index is 1.25. The van der Waals surface area contributed by atoms with Crippen molar-refractivity contribution in [3.8, 4) is 5.75 Å². The molecule has 2 amide bonds. The van der Waals surface area contributed by atoms with E-state index in [1.165, 1.54) is 34.2 Å². The van der Waals surface area contributed by atoms with Crippen molar-refractivity contribution in [2.75, 3.05) is 28.8 Å². The number of hydrogen-bond acceptors (Lipinski definition) is 8. The molecule has 0 aliphatic heterocycles. The van der Waals surface area contributed by atoms with Crippen LogP contribution in [-0.4, -0.2) is 34.9 Å². The van der Waals surface area contributed by atoms with Crippen LogP contribution in [-0.2, 0) is 4.79 Å². The van der Waals surface area contributed by atoms with Crippen LogP contribution in [0.3, 0.4) is 0 Å². The van der Waals surface area contributed by atoms with Gasteiger partial charge in [-0.05, 0) is 85.6 Å². The summed E-state index contributed by atoms with van der Waals surface area (Å²) in [7, 11) is 1.59. The molecule has 0 spiro atoms. The summed E-state index contributed by atoms with van der Waals surface area (Å²) in [5, 5.41) is 17.9. The third-order valence-electron chi connectivity index (χ3n) is 5.27. The van der Waals surface area contributed by atoms with Crippen molar-refractivity contribution in [3.63, 3.8) is 0 Å². The van der Waals surface area contributed by atoms with Gasteiger partial charge in [0.25, 0.3) is 5.91 Å². The Labute approximate surface area is 217 Å². The van der Waals surface area contributed by atoms with Crippen molar-refractivity contribution >= 4 is 57.1 Å². The summed E-state index contributed by atoms with van der Waals surface area (Å²) < 4.78 is 5.81. The summed E-state index contributed by atoms with van der Waals surface area (Å²) in [5.41, 5.74) is 5.13. The van der Waals surface area contributed by atoms with E-state index in [1.54, 1.807) is 55.6 Å². The number of nitrogens with one attached hydrogen (secondary N) is 3. The summed E-state index contributed by atoms with van der Waals surface area (Å²) in [6.07, 6.45) is 0. The topological polar surface area (TPSA) is 105 Å². The zero-order valence-corrected chi connectivity index (χ0v) is 21.6. The number of rotatable bonds is 9. The Morgan fingerprint density at radius 2 is 1.53 bits per heavy atom. The van der Waals surface area contributed by atoms with Crippen LogP contribution in [0.15, 0.2) is 71.1 Å². The summed E-state index contributed by atoms with van der Waals surface area (Å²) in [5.74, 6) is 0.494. The molecule has 1 heterocycles. The van der Waals surface area contributed by atoms with Gasteiger partial charge in [0.1, 0.15) is 5.75 Å². The standard InChI is InChI=1S/C26H25N5O3S2/c1-16-4-7-21(14-17(16)2)29-25-30-31-26(36-25)35-15-23(32)27-19-8-5-18(6-9-19)24(33)28-20-10-12-22(34-3)13-11-20/h4-14H,15H2,1-3H3,(H,27,32)(H,28,33)(H,29,30). The number of carbonyl (C=O) groups is 2. The van der Waals surface area contributed by atoms with Gasteiger partial charge in [-0.15, -0.1) is 10.2 Å². The maximum atomic E-state index is 12.5. The Morgan fingerprint density at radius 1 is 0.861 bits per heavy atom. The molecule has 0 aliphatic rings. The van der Waals surface area contributed by atoms with Gasteiger partial charge in [-0.1, -0.05) is 29.2 Å². The Bertz CT molecular complexity index is 1360. The molecular weight excluding hydrogens is 494 g/mol. The normalized spacial score (nSPS) is 10.5. The van der Waals surface area contributed by atoms with Gasteiger partial charge >= 0.3 is 0 Å². The average molecular weight is 520 g/mol. The first-order valence-electron chi connectivity index (χ1n) is 11.1. The Morgan fingerprint density at radius 3 is 2.22 bits per heavy atom. The molecular formula is C26H25N5O3S2. The fourth-order valence-corrected chi connectivity index (χ4v) is 4.74. The second kappa shape index (κ2) is 11.7. The number of aromatic nitrogens is 2. The maximum absolute atomic E-state index is 12.5. The van der Waals surface area contributed by atoms with Gasteiger partial charge in [0.05, 0.1) is 12.9 Å². The minimum atomic E-state index is -0.241. The maximum Gasteiger partial charge on any atom is 0.255 e.